The smallest absolute Gasteiger partial charge is 0.290 e. The summed E-state index contributed by atoms with van der Waals surface area (Å²) in [7, 11) is -3.08. The molecule has 0 bridgehead atoms. The zero-order valence-electron chi connectivity index (χ0n) is 10.9. The van der Waals surface area contributed by atoms with Gasteiger partial charge in [0.15, 0.2) is 0 Å². The van der Waals surface area contributed by atoms with Crippen LogP contribution in [0.15, 0.2) is 0 Å². The highest BCUT2D eigenvalue weighted by Gasteiger charge is 2.21. The summed E-state index contributed by atoms with van der Waals surface area (Å²) < 4.78 is 21.8. The van der Waals surface area contributed by atoms with Crippen LogP contribution in [0.5, 0.6) is 0 Å². The average Bonchev–Trinajstić information content (AvgIpc) is 2.62. The molecule has 0 radical (unpaired) electrons. The van der Waals surface area contributed by atoms with Gasteiger partial charge in [0.2, 0.25) is 5.82 Å². The molecule has 0 atom stereocenters. The Hall–Kier alpha value is -1.44. The predicted octanol–water partition coefficient (Wildman–Crippen LogP) is -0.123. The SMILES string of the molecule is CC(C)(C)c1nc(C(=O)NCCS(C)(=O)=O)n[nH]1. The van der Waals surface area contributed by atoms with E-state index in [4.69, 9.17) is 0 Å². The molecule has 0 saturated carbocycles. The van der Waals surface area contributed by atoms with Gasteiger partial charge in [0.25, 0.3) is 5.91 Å². The van der Waals surface area contributed by atoms with E-state index >= 15 is 0 Å². The first kappa shape index (κ1) is 14.6. The molecule has 2 N–H and O–H groups in total. The number of H-pyrrole nitrogens is 1. The lowest BCUT2D eigenvalue weighted by Gasteiger charge is -2.12. The first-order chi connectivity index (χ1) is 8.09. The zero-order chi connectivity index (χ0) is 14.0. The second-order valence-electron chi connectivity index (χ2n) is 5.14. The van der Waals surface area contributed by atoms with E-state index in [0.29, 0.717) is 5.82 Å². The molecule has 1 rings (SSSR count). The largest absolute Gasteiger partial charge is 0.348 e. The molecule has 0 spiro atoms. The summed E-state index contributed by atoms with van der Waals surface area (Å²) in [4.78, 5) is 15.7. The molecular weight excluding hydrogens is 256 g/mol. The number of hydrogen-bond acceptors (Lipinski definition) is 5. The summed E-state index contributed by atoms with van der Waals surface area (Å²) in [5.74, 6) is 0.0459. The third-order valence-corrected chi connectivity index (χ3v) is 3.10. The van der Waals surface area contributed by atoms with Crippen LogP contribution in [0, 0.1) is 0 Å². The fraction of sp³-hybridized carbons (Fsp3) is 0.700. The van der Waals surface area contributed by atoms with Crippen LogP contribution in [0.1, 0.15) is 37.2 Å². The molecule has 1 heterocycles. The number of carbonyl (C=O) groups is 1. The minimum absolute atomic E-state index is 0.0217. The van der Waals surface area contributed by atoms with Gasteiger partial charge in [-0.25, -0.2) is 13.4 Å². The number of nitrogens with one attached hydrogen (secondary N) is 2. The normalized spacial score (nSPS) is 12.4. The monoisotopic (exact) mass is 274 g/mol. The van der Waals surface area contributed by atoms with Crippen molar-refractivity contribution in [3.63, 3.8) is 0 Å². The van der Waals surface area contributed by atoms with Crippen LogP contribution >= 0.6 is 0 Å². The highest BCUT2D eigenvalue weighted by molar-refractivity contribution is 7.90. The van der Waals surface area contributed by atoms with Crippen LogP contribution in [0.4, 0.5) is 0 Å². The van der Waals surface area contributed by atoms with E-state index in [1.165, 1.54) is 0 Å². The Morgan fingerprint density at radius 1 is 1.39 bits per heavy atom. The zero-order valence-corrected chi connectivity index (χ0v) is 11.8. The van der Waals surface area contributed by atoms with Gasteiger partial charge in [-0.2, -0.15) is 0 Å². The molecule has 102 valence electrons. The maximum Gasteiger partial charge on any atom is 0.290 e. The second-order valence-corrected chi connectivity index (χ2v) is 7.40. The number of carbonyl (C=O) groups excluding carboxylic acids is 1. The molecule has 0 aliphatic rings. The van der Waals surface area contributed by atoms with Gasteiger partial charge in [0.05, 0.1) is 5.75 Å². The molecule has 1 aromatic heterocycles. The van der Waals surface area contributed by atoms with Crippen LogP contribution in [-0.2, 0) is 15.3 Å². The second kappa shape index (κ2) is 5.05. The Balaban J connectivity index is 2.60. The Morgan fingerprint density at radius 3 is 2.44 bits per heavy atom. The molecule has 0 saturated heterocycles. The maximum absolute atomic E-state index is 11.6. The lowest BCUT2D eigenvalue weighted by molar-refractivity contribution is 0.0946. The third kappa shape index (κ3) is 4.44. The molecule has 0 aliphatic heterocycles. The molecule has 1 aromatic rings. The van der Waals surface area contributed by atoms with Crippen molar-refractivity contribution in [3.8, 4) is 0 Å². The van der Waals surface area contributed by atoms with E-state index in [9.17, 15) is 13.2 Å². The van der Waals surface area contributed by atoms with Gasteiger partial charge in [-0.15, -0.1) is 5.10 Å². The van der Waals surface area contributed by atoms with Gasteiger partial charge < -0.3 is 5.32 Å². The molecule has 1 amide bonds. The lowest BCUT2D eigenvalue weighted by Crippen LogP contribution is -2.29. The number of sulfone groups is 1. The quantitative estimate of drug-likeness (QED) is 0.796. The van der Waals surface area contributed by atoms with Gasteiger partial charge in [-0.3, -0.25) is 9.89 Å². The average molecular weight is 274 g/mol. The van der Waals surface area contributed by atoms with Crippen molar-refractivity contribution in [1.29, 1.82) is 0 Å². The Labute approximate surface area is 106 Å². The van der Waals surface area contributed by atoms with Crippen molar-refractivity contribution in [1.82, 2.24) is 20.5 Å². The highest BCUT2D eigenvalue weighted by atomic mass is 32.2. The number of aromatic nitrogens is 3. The minimum Gasteiger partial charge on any atom is -0.348 e. The van der Waals surface area contributed by atoms with E-state index in [1.54, 1.807) is 0 Å². The summed E-state index contributed by atoms with van der Waals surface area (Å²) in [5, 5.41) is 8.95. The summed E-state index contributed by atoms with van der Waals surface area (Å²) in [6.45, 7) is 5.88. The highest BCUT2D eigenvalue weighted by Crippen LogP contribution is 2.17. The summed E-state index contributed by atoms with van der Waals surface area (Å²) >= 11 is 0. The van der Waals surface area contributed by atoms with Crippen molar-refractivity contribution in [2.45, 2.75) is 26.2 Å². The van der Waals surface area contributed by atoms with Crippen molar-refractivity contribution in [3.05, 3.63) is 11.6 Å². The Morgan fingerprint density at radius 2 is 2.00 bits per heavy atom. The van der Waals surface area contributed by atoms with Gasteiger partial charge in [-0.1, -0.05) is 20.8 Å². The van der Waals surface area contributed by atoms with E-state index in [-0.39, 0.29) is 23.5 Å². The number of rotatable bonds is 4. The van der Waals surface area contributed by atoms with Crippen LogP contribution in [0.3, 0.4) is 0 Å². The number of aromatic amines is 1. The Bertz CT molecular complexity index is 528. The fourth-order valence-electron chi connectivity index (χ4n) is 1.13. The number of nitrogens with zero attached hydrogens (tertiary/aromatic N) is 2. The summed E-state index contributed by atoms with van der Waals surface area (Å²) in [6, 6.07) is 0. The number of amides is 1. The van der Waals surface area contributed by atoms with E-state index in [0.717, 1.165) is 6.26 Å². The minimum atomic E-state index is -3.08. The maximum atomic E-state index is 11.6. The van der Waals surface area contributed by atoms with Crippen LogP contribution in [-0.4, -0.2) is 48.1 Å². The summed E-state index contributed by atoms with van der Waals surface area (Å²) in [5.41, 5.74) is -0.224. The first-order valence-corrected chi connectivity index (χ1v) is 7.54. The molecule has 0 unspecified atom stereocenters. The standard InChI is InChI=1S/C10H18N4O3S/c1-10(2,3)9-12-7(13-14-9)8(15)11-5-6-18(4,16)17/h5-6H2,1-4H3,(H,11,15)(H,12,13,14). The first-order valence-electron chi connectivity index (χ1n) is 5.48. The molecule has 0 aromatic carbocycles. The third-order valence-electron chi connectivity index (χ3n) is 2.16. The van der Waals surface area contributed by atoms with E-state index in [1.807, 2.05) is 20.8 Å². The van der Waals surface area contributed by atoms with Crippen molar-refractivity contribution >= 4 is 15.7 Å². The summed E-state index contributed by atoms with van der Waals surface area (Å²) in [6.07, 6.45) is 1.11. The predicted molar refractivity (Wildman–Crippen MR) is 67.1 cm³/mol. The molecule has 7 nitrogen and oxygen atoms in total. The van der Waals surface area contributed by atoms with Gasteiger partial charge in [0.1, 0.15) is 15.7 Å². The lowest BCUT2D eigenvalue weighted by atomic mass is 9.96. The molecule has 18 heavy (non-hydrogen) atoms. The molecule has 8 heteroatoms. The van der Waals surface area contributed by atoms with Crippen molar-refractivity contribution in [2.24, 2.45) is 0 Å². The fourth-order valence-corrected chi connectivity index (χ4v) is 1.60. The van der Waals surface area contributed by atoms with Crippen LogP contribution in [0.2, 0.25) is 0 Å². The van der Waals surface area contributed by atoms with Crippen molar-refractivity contribution < 1.29 is 13.2 Å². The van der Waals surface area contributed by atoms with Crippen LogP contribution in [0.25, 0.3) is 0 Å². The van der Waals surface area contributed by atoms with Crippen molar-refractivity contribution in [2.75, 3.05) is 18.6 Å². The molecule has 0 aliphatic carbocycles. The Kier molecular flexibility index (Phi) is 4.10. The van der Waals surface area contributed by atoms with E-state index < -0.39 is 15.7 Å². The van der Waals surface area contributed by atoms with E-state index in [2.05, 4.69) is 20.5 Å². The number of hydrogen-bond donors (Lipinski definition) is 2. The van der Waals surface area contributed by atoms with Crippen LogP contribution < -0.4 is 5.32 Å². The molecular formula is C10H18N4O3S. The topological polar surface area (TPSA) is 105 Å². The van der Waals surface area contributed by atoms with Gasteiger partial charge in [-0.05, 0) is 0 Å². The van der Waals surface area contributed by atoms with Gasteiger partial charge in [0, 0.05) is 18.2 Å². The van der Waals surface area contributed by atoms with Gasteiger partial charge >= 0.3 is 0 Å². The molecule has 0 fully saturated rings.